The van der Waals surface area contributed by atoms with Crippen molar-refractivity contribution in [2.24, 2.45) is 0 Å². The van der Waals surface area contributed by atoms with Crippen LogP contribution < -0.4 is 5.32 Å². The van der Waals surface area contributed by atoms with Crippen LogP contribution in [-0.4, -0.2) is 19.3 Å². The Morgan fingerprint density at radius 1 is 1.39 bits per heavy atom. The van der Waals surface area contributed by atoms with Crippen molar-refractivity contribution in [3.63, 3.8) is 0 Å². The average molecular weight is 253 g/mol. The van der Waals surface area contributed by atoms with Crippen molar-refractivity contribution in [1.29, 1.82) is 0 Å². The molecule has 18 heavy (non-hydrogen) atoms. The minimum atomic E-state index is -0.231. The van der Waals surface area contributed by atoms with Gasteiger partial charge in [0.1, 0.15) is 5.82 Å². The molecular formula is C15H24FNO. The minimum absolute atomic E-state index is 0.112. The molecule has 1 atom stereocenters. The van der Waals surface area contributed by atoms with E-state index in [9.17, 15) is 4.39 Å². The molecule has 0 amide bonds. The van der Waals surface area contributed by atoms with E-state index < -0.39 is 0 Å². The van der Waals surface area contributed by atoms with Gasteiger partial charge in [0.05, 0.1) is 5.60 Å². The standard InChI is InChI=1S/C15H24FNO/c1-6-17-14(10-15(3,4)18-5)13-9-12(16)8-7-11(13)2/h7-9,14,17H,6,10H2,1-5H3. The van der Waals surface area contributed by atoms with Crippen molar-refractivity contribution in [1.82, 2.24) is 5.32 Å². The van der Waals surface area contributed by atoms with Gasteiger partial charge in [-0.15, -0.1) is 0 Å². The molecule has 0 saturated carbocycles. The van der Waals surface area contributed by atoms with E-state index in [0.717, 1.165) is 24.1 Å². The lowest BCUT2D eigenvalue weighted by Gasteiger charge is -2.30. The van der Waals surface area contributed by atoms with Crippen molar-refractivity contribution >= 4 is 0 Å². The fraction of sp³-hybridized carbons (Fsp3) is 0.600. The highest BCUT2D eigenvalue weighted by molar-refractivity contribution is 5.30. The maximum Gasteiger partial charge on any atom is 0.123 e. The van der Waals surface area contributed by atoms with Gasteiger partial charge >= 0.3 is 0 Å². The van der Waals surface area contributed by atoms with Gasteiger partial charge in [-0.2, -0.15) is 0 Å². The molecule has 0 heterocycles. The van der Waals surface area contributed by atoms with Gasteiger partial charge in [-0.1, -0.05) is 13.0 Å². The Morgan fingerprint density at radius 2 is 2.06 bits per heavy atom. The quantitative estimate of drug-likeness (QED) is 0.836. The van der Waals surface area contributed by atoms with E-state index in [2.05, 4.69) is 12.2 Å². The Hall–Kier alpha value is -0.930. The fourth-order valence-electron chi connectivity index (χ4n) is 2.10. The van der Waals surface area contributed by atoms with E-state index >= 15 is 0 Å². The monoisotopic (exact) mass is 253 g/mol. The van der Waals surface area contributed by atoms with E-state index in [4.69, 9.17) is 4.74 Å². The number of hydrogen-bond acceptors (Lipinski definition) is 2. The molecule has 0 aliphatic heterocycles. The normalized spacial score (nSPS) is 13.7. The molecule has 0 saturated heterocycles. The van der Waals surface area contributed by atoms with Gasteiger partial charge in [0.15, 0.2) is 0 Å². The first-order valence-corrected chi connectivity index (χ1v) is 6.44. The molecule has 0 fully saturated rings. The summed E-state index contributed by atoms with van der Waals surface area (Å²) in [5, 5.41) is 3.41. The second-order valence-corrected chi connectivity index (χ2v) is 5.28. The summed E-state index contributed by atoms with van der Waals surface area (Å²) in [6, 6.07) is 5.06. The molecule has 2 nitrogen and oxygen atoms in total. The Labute approximate surface area is 110 Å². The van der Waals surface area contributed by atoms with Crippen LogP contribution >= 0.6 is 0 Å². The Bertz CT molecular complexity index is 390. The van der Waals surface area contributed by atoms with E-state index in [0.29, 0.717) is 0 Å². The summed E-state index contributed by atoms with van der Waals surface area (Å²) < 4.78 is 18.9. The van der Waals surface area contributed by atoms with Crippen molar-refractivity contribution in [2.45, 2.75) is 45.8 Å². The molecule has 0 aliphatic carbocycles. The highest BCUT2D eigenvalue weighted by Crippen LogP contribution is 2.28. The largest absolute Gasteiger partial charge is 0.379 e. The van der Waals surface area contributed by atoms with Crippen molar-refractivity contribution < 1.29 is 9.13 Å². The molecular weight excluding hydrogens is 229 g/mol. The Balaban J connectivity index is 3.00. The molecule has 0 aromatic heterocycles. The minimum Gasteiger partial charge on any atom is -0.379 e. The molecule has 0 bridgehead atoms. The van der Waals surface area contributed by atoms with Crippen LogP contribution in [0.3, 0.4) is 0 Å². The molecule has 0 aliphatic rings. The maximum absolute atomic E-state index is 13.4. The predicted octanol–water partition coefficient (Wildman–Crippen LogP) is 3.60. The van der Waals surface area contributed by atoms with Gasteiger partial charge in [0.2, 0.25) is 0 Å². The summed E-state index contributed by atoms with van der Waals surface area (Å²) in [6.45, 7) is 9.01. The van der Waals surface area contributed by atoms with E-state index in [1.165, 1.54) is 6.07 Å². The smallest absolute Gasteiger partial charge is 0.123 e. The number of nitrogens with one attached hydrogen (secondary N) is 1. The van der Waals surface area contributed by atoms with E-state index in [-0.39, 0.29) is 17.5 Å². The summed E-state index contributed by atoms with van der Waals surface area (Å²) in [5.74, 6) is -0.186. The number of halogens is 1. The highest BCUT2D eigenvalue weighted by atomic mass is 19.1. The summed E-state index contributed by atoms with van der Waals surface area (Å²) in [6.07, 6.45) is 0.807. The zero-order valence-corrected chi connectivity index (χ0v) is 12.0. The van der Waals surface area contributed by atoms with Gasteiger partial charge in [-0.05, 0) is 57.0 Å². The molecule has 0 spiro atoms. The van der Waals surface area contributed by atoms with E-state index in [1.807, 2.05) is 26.8 Å². The lowest BCUT2D eigenvalue weighted by atomic mass is 9.91. The third kappa shape index (κ3) is 4.07. The lowest BCUT2D eigenvalue weighted by Crippen LogP contribution is -2.32. The van der Waals surface area contributed by atoms with Gasteiger partial charge in [0.25, 0.3) is 0 Å². The second kappa shape index (κ2) is 6.30. The van der Waals surface area contributed by atoms with Gasteiger partial charge in [0, 0.05) is 13.2 Å². The fourth-order valence-corrected chi connectivity index (χ4v) is 2.10. The van der Waals surface area contributed by atoms with Crippen LogP contribution in [0.4, 0.5) is 4.39 Å². The Morgan fingerprint density at radius 3 is 2.61 bits per heavy atom. The van der Waals surface area contributed by atoms with Gasteiger partial charge in [-0.25, -0.2) is 4.39 Å². The van der Waals surface area contributed by atoms with Crippen molar-refractivity contribution in [3.05, 3.63) is 35.1 Å². The molecule has 3 heteroatoms. The van der Waals surface area contributed by atoms with Crippen LogP contribution in [0.2, 0.25) is 0 Å². The first-order valence-electron chi connectivity index (χ1n) is 6.44. The first kappa shape index (κ1) is 15.1. The van der Waals surface area contributed by atoms with Crippen LogP contribution in [0.5, 0.6) is 0 Å². The van der Waals surface area contributed by atoms with Crippen LogP contribution in [0, 0.1) is 12.7 Å². The topological polar surface area (TPSA) is 21.3 Å². The summed E-state index contributed by atoms with van der Waals surface area (Å²) in [4.78, 5) is 0. The third-order valence-corrected chi connectivity index (χ3v) is 3.32. The number of benzene rings is 1. The SMILES string of the molecule is CCNC(CC(C)(C)OC)c1cc(F)ccc1C. The van der Waals surface area contributed by atoms with Crippen LogP contribution in [-0.2, 0) is 4.74 Å². The van der Waals surface area contributed by atoms with Crippen LogP contribution in [0.15, 0.2) is 18.2 Å². The maximum atomic E-state index is 13.4. The van der Waals surface area contributed by atoms with Crippen molar-refractivity contribution in [3.8, 4) is 0 Å². The van der Waals surface area contributed by atoms with E-state index in [1.54, 1.807) is 13.2 Å². The van der Waals surface area contributed by atoms with Crippen molar-refractivity contribution in [2.75, 3.05) is 13.7 Å². The number of aryl methyl sites for hydroxylation is 1. The third-order valence-electron chi connectivity index (χ3n) is 3.32. The lowest BCUT2D eigenvalue weighted by molar-refractivity contribution is 0.00690. The summed E-state index contributed by atoms with van der Waals surface area (Å²) >= 11 is 0. The molecule has 1 rings (SSSR count). The van der Waals surface area contributed by atoms with Gasteiger partial charge < -0.3 is 10.1 Å². The zero-order chi connectivity index (χ0) is 13.8. The molecule has 102 valence electrons. The summed E-state index contributed by atoms with van der Waals surface area (Å²) in [7, 11) is 1.71. The molecule has 1 aromatic carbocycles. The van der Waals surface area contributed by atoms with Gasteiger partial charge in [-0.3, -0.25) is 0 Å². The number of ether oxygens (including phenoxy) is 1. The number of rotatable bonds is 6. The first-order chi connectivity index (χ1) is 8.39. The van der Waals surface area contributed by atoms with Crippen LogP contribution in [0.25, 0.3) is 0 Å². The Kier molecular flexibility index (Phi) is 5.29. The molecule has 1 unspecified atom stereocenters. The zero-order valence-electron chi connectivity index (χ0n) is 12.0. The predicted molar refractivity (Wildman–Crippen MR) is 73.3 cm³/mol. The molecule has 1 N–H and O–H groups in total. The number of hydrogen-bond donors (Lipinski definition) is 1. The number of methoxy groups -OCH3 is 1. The average Bonchev–Trinajstić information content (AvgIpc) is 2.31. The highest BCUT2D eigenvalue weighted by Gasteiger charge is 2.24. The van der Waals surface area contributed by atoms with Crippen LogP contribution in [0.1, 0.15) is 44.4 Å². The summed E-state index contributed by atoms with van der Waals surface area (Å²) in [5.41, 5.74) is 1.89. The molecule has 0 radical (unpaired) electrons. The second-order valence-electron chi connectivity index (χ2n) is 5.28. The molecule has 1 aromatic rings.